The van der Waals surface area contributed by atoms with Crippen LogP contribution in [-0.4, -0.2) is 25.5 Å². The molecule has 23 heavy (non-hydrogen) atoms. The monoisotopic (exact) mass is 312 g/mol. The number of rotatable bonds is 6. The molecule has 0 aromatic heterocycles. The Bertz CT molecular complexity index is 664. The standard InChI is InChI=1S/C18H20N2O3/c1-3-13-4-8-15(9-5-13)20-17(21)12-19-18(22)14-6-10-16(23-2)11-7-14/h4-11H,3,12H2,1-2H3,(H,19,22)(H,20,21). The molecule has 0 saturated heterocycles. The van der Waals surface area contributed by atoms with Crippen molar-refractivity contribution in [3.63, 3.8) is 0 Å². The first-order valence-electron chi connectivity index (χ1n) is 7.43. The van der Waals surface area contributed by atoms with Crippen LogP contribution in [0.3, 0.4) is 0 Å². The minimum absolute atomic E-state index is 0.0829. The molecule has 2 aromatic carbocycles. The van der Waals surface area contributed by atoms with Crippen molar-refractivity contribution in [2.24, 2.45) is 0 Å². The zero-order chi connectivity index (χ0) is 16.7. The van der Waals surface area contributed by atoms with Crippen molar-refractivity contribution in [2.45, 2.75) is 13.3 Å². The third-order valence-electron chi connectivity index (χ3n) is 3.41. The molecule has 0 atom stereocenters. The second-order valence-corrected chi connectivity index (χ2v) is 5.01. The van der Waals surface area contributed by atoms with Gasteiger partial charge in [-0.3, -0.25) is 9.59 Å². The van der Waals surface area contributed by atoms with Gasteiger partial charge in [0.25, 0.3) is 5.91 Å². The van der Waals surface area contributed by atoms with E-state index in [0.717, 1.165) is 6.42 Å². The maximum atomic E-state index is 12.0. The van der Waals surface area contributed by atoms with Crippen molar-refractivity contribution in [2.75, 3.05) is 19.0 Å². The maximum Gasteiger partial charge on any atom is 0.251 e. The summed E-state index contributed by atoms with van der Waals surface area (Å²) in [5.74, 6) is 0.107. The Labute approximate surface area is 135 Å². The lowest BCUT2D eigenvalue weighted by molar-refractivity contribution is -0.115. The first-order valence-corrected chi connectivity index (χ1v) is 7.43. The summed E-state index contributed by atoms with van der Waals surface area (Å²) < 4.78 is 5.03. The van der Waals surface area contributed by atoms with E-state index < -0.39 is 0 Å². The van der Waals surface area contributed by atoms with Crippen LogP contribution in [0.25, 0.3) is 0 Å². The molecule has 0 aliphatic carbocycles. The summed E-state index contributed by atoms with van der Waals surface area (Å²) >= 11 is 0. The predicted molar refractivity (Wildman–Crippen MR) is 89.8 cm³/mol. The summed E-state index contributed by atoms with van der Waals surface area (Å²) in [6, 6.07) is 14.3. The number of carbonyl (C=O) groups excluding carboxylic acids is 2. The number of methoxy groups -OCH3 is 1. The van der Waals surface area contributed by atoms with Crippen LogP contribution in [-0.2, 0) is 11.2 Å². The molecule has 0 unspecified atom stereocenters. The Hall–Kier alpha value is -2.82. The number of anilines is 1. The quantitative estimate of drug-likeness (QED) is 0.861. The van der Waals surface area contributed by atoms with E-state index in [0.29, 0.717) is 17.0 Å². The van der Waals surface area contributed by atoms with Crippen molar-refractivity contribution in [1.29, 1.82) is 0 Å². The molecule has 5 heteroatoms. The Morgan fingerprint density at radius 3 is 2.22 bits per heavy atom. The SMILES string of the molecule is CCc1ccc(NC(=O)CNC(=O)c2ccc(OC)cc2)cc1. The number of hydrogen-bond acceptors (Lipinski definition) is 3. The molecule has 0 saturated carbocycles. The van der Waals surface area contributed by atoms with Crippen LogP contribution < -0.4 is 15.4 Å². The van der Waals surface area contributed by atoms with Gasteiger partial charge in [0, 0.05) is 11.3 Å². The third-order valence-corrected chi connectivity index (χ3v) is 3.41. The average molecular weight is 312 g/mol. The van der Waals surface area contributed by atoms with Gasteiger partial charge < -0.3 is 15.4 Å². The lowest BCUT2D eigenvalue weighted by Gasteiger charge is -2.08. The maximum absolute atomic E-state index is 12.0. The molecule has 0 spiro atoms. The second-order valence-electron chi connectivity index (χ2n) is 5.01. The normalized spacial score (nSPS) is 10.0. The number of aryl methyl sites for hydroxylation is 1. The Morgan fingerprint density at radius 1 is 1.00 bits per heavy atom. The summed E-state index contributed by atoms with van der Waals surface area (Å²) in [4.78, 5) is 23.8. The van der Waals surface area contributed by atoms with E-state index in [-0.39, 0.29) is 18.4 Å². The Balaban J connectivity index is 1.83. The van der Waals surface area contributed by atoms with E-state index in [1.807, 2.05) is 24.3 Å². The van der Waals surface area contributed by atoms with Gasteiger partial charge in [-0.25, -0.2) is 0 Å². The van der Waals surface area contributed by atoms with Crippen molar-refractivity contribution in [1.82, 2.24) is 5.32 Å². The van der Waals surface area contributed by atoms with Crippen LogP contribution >= 0.6 is 0 Å². The zero-order valence-electron chi connectivity index (χ0n) is 13.3. The van der Waals surface area contributed by atoms with E-state index >= 15 is 0 Å². The average Bonchev–Trinajstić information content (AvgIpc) is 2.60. The van der Waals surface area contributed by atoms with Gasteiger partial charge in [-0.1, -0.05) is 19.1 Å². The smallest absolute Gasteiger partial charge is 0.251 e. The molecule has 0 bridgehead atoms. The van der Waals surface area contributed by atoms with Crippen molar-refractivity contribution >= 4 is 17.5 Å². The lowest BCUT2D eigenvalue weighted by Crippen LogP contribution is -2.32. The highest BCUT2D eigenvalue weighted by Gasteiger charge is 2.08. The fourth-order valence-corrected chi connectivity index (χ4v) is 2.03. The van der Waals surface area contributed by atoms with Gasteiger partial charge in [0.05, 0.1) is 13.7 Å². The van der Waals surface area contributed by atoms with E-state index in [1.165, 1.54) is 5.56 Å². The molecule has 0 aliphatic heterocycles. The molecule has 2 rings (SSSR count). The summed E-state index contributed by atoms with van der Waals surface area (Å²) in [6.07, 6.45) is 0.951. The molecule has 2 N–H and O–H groups in total. The summed E-state index contributed by atoms with van der Waals surface area (Å²) in [5.41, 5.74) is 2.40. The molecule has 2 amide bonds. The fraction of sp³-hybridized carbons (Fsp3) is 0.222. The van der Waals surface area contributed by atoms with Crippen LogP contribution in [0.5, 0.6) is 5.75 Å². The van der Waals surface area contributed by atoms with Crippen LogP contribution in [0.1, 0.15) is 22.8 Å². The van der Waals surface area contributed by atoms with Gasteiger partial charge in [-0.05, 0) is 48.4 Å². The van der Waals surface area contributed by atoms with Crippen molar-refractivity contribution < 1.29 is 14.3 Å². The fourth-order valence-electron chi connectivity index (χ4n) is 2.03. The van der Waals surface area contributed by atoms with Crippen LogP contribution in [0, 0.1) is 0 Å². The second kappa shape index (κ2) is 7.98. The number of hydrogen-bond donors (Lipinski definition) is 2. The highest BCUT2D eigenvalue weighted by molar-refractivity contribution is 5.99. The van der Waals surface area contributed by atoms with Crippen LogP contribution in [0.15, 0.2) is 48.5 Å². The largest absolute Gasteiger partial charge is 0.497 e. The molecule has 2 aromatic rings. The summed E-state index contributed by atoms with van der Waals surface area (Å²) in [5, 5.41) is 5.33. The number of benzene rings is 2. The van der Waals surface area contributed by atoms with E-state index in [1.54, 1.807) is 31.4 Å². The number of nitrogens with one attached hydrogen (secondary N) is 2. The minimum atomic E-state index is -0.302. The molecule has 5 nitrogen and oxygen atoms in total. The molecule has 120 valence electrons. The van der Waals surface area contributed by atoms with Gasteiger partial charge in [-0.2, -0.15) is 0 Å². The highest BCUT2D eigenvalue weighted by Crippen LogP contribution is 2.11. The number of carbonyl (C=O) groups is 2. The molecule has 0 aliphatic rings. The van der Waals surface area contributed by atoms with Crippen molar-refractivity contribution in [3.8, 4) is 5.75 Å². The zero-order valence-corrected chi connectivity index (χ0v) is 13.3. The molecule has 0 heterocycles. The van der Waals surface area contributed by atoms with Gasteiger partial charge in [0.2, 0.25) is 5.91 Å². The van der Waals surface area contributed by atoms with Gasteiger partial charge in [-0.15, -0.1) is 0 Å². The molecule has 0 fully saturated rings. The predicted octanol–water partition coefficient (Wildman–Crippen LogP) is 2.63. The topological polar surface area (TPSA) is 67.4 Å². The van der Waals surface area contributed by atoms with Gasteiger partial charge in [0.15, 0.2) is 0 Å². The van der Waals surface area contributed by atoms with Gasteiger partial charge >= 0.3 is 0 Å². The highest BCUT2D eigenvalue weighted by atomic mass is 16.5. The summed E-state index contributed by atoms with van der Waals surface area (Å²) in [7, 11) is 1.56. The number of ether oxygens (including phenoxy) is 1. The summed E-state index contributed by atoms with van der Waals surface area (Å²) in [6.45, 7) is 1.99. The molecular formula is C18H20N2O3. The molecule has 0 radical (unpaired) electrons. The lowest BCUT2D eigenvalue weighted by atomic mass is 10.1. The van der Waals surface area contributed by atoms with E-state index in [4.69, 9.17) is 4.74 Å². The third kappa shape index (κ3) is 4.85. The first-order chi connectivity index (χ1) is 11.1. The minimum Gasteiger partial charge on any atom is -0.497 e. The van der Waals surface area contributed by atoms with E-state index in [9.17, 15) is 9.59 Å². The van der Waals surface area contributed by atoms with Crippen LogP contribution in [0.2, 0.25) is 0 Å². The van der Waals surface area contributed by atoms with Crippen molar-refractivity contribution in [3.05, 3.63) is 59.7 Å². The Kier molecular flexibility index (Phi) is 5.74. The Morgan fingerprint density at radius 2 is 1.65 bits per heavy atom. The molecular weight excluding hydrogens is 292 g/mol. The van der Waals surface area contributed by atoms with Gasteiger partial charge in [0.1, 0.15) is 5.75 Å². The van der Waals surface area contributed by atoms with Crippen LogP contribution in [0.4, 0.5) is 5.69 Å². The first kappa shape index (κ1) is 16.5. The van der Waals surface area contributed by atoms with E-state index in [2.05, 4.69) is 17.6 Å². The number of amides is 2.